The van der Waals surface area contributed by atoms with E-state index >= 15 is 0 Å². The van der Waals surface area contributed by atoms with E-state index in [-0.39, 0.29) is 24.3 Å². The molecule has 35 heavy (non-hydrogen) atoms. The zero-order chi connectivity index (χ0) is 24.7. The van der Waals surface area contributed by atoms with Crippen molar-refractivity contribution in [3.8, 4) is 5.69 Å². The second kappa shape index (κ2) is 9.47. The number of rotatable bonds is 6. The smallest absolute Gasteiger partial charge is 0.257 e. The van der Waals surface area contributed by atoms with Crippen LogP contribution in [-0.2, 0) is 4.79 Å². The molecule has 3 aromatic rings. The Bertz CT molecular complexity index is 1240. The molecule has 0 spiro atoms. The third-order valence-electron chi connectivity index (χ3n) is 7.46. The van der Waals surface area contributed by atoms with Gasteiger partial charge in [0.25, 0.3) is 5.91 Å². The summed E-state index contributed by atoms with van der Waals surface area (Å²) < 4.78 is 1.81. The number of primary amides is 1. The second-order valence-electron chi connectivity index (χ2n) is 9.77. The third-order valence-corrected chi connectivity index (χ3v) is 7.87. The van der Waals surface area contributed by atoms with Crippen molar-refractivity contribution in [2.45, 2.75) is 26.3 Å². The molecule has 0 bridgehead atoms. The molecule has 0 saturated carbocycles. The van der Waals surface area contributed by atoms with Gasteiger partial charge in [0.1, 0.15) is 0 Å². The van der Waals surface area contributed by atoms with Gasteiger partial charge in [0.2, 0.25) is 5.91 Å². The molecule has 2 N–H and O–H groups in total. The fourth-order valence-electron chi connectivity index (χ4n) is 5.53. The highest BCUT2D eigenvalue weighted by molar-refractivity contribution is 6.31. The van der Waals surface area contributed by atoms with Gasteiger partial charge < -0.3 is 10.6 Å². The van der Waals surface area contributed by atoms with E-state index in [9.17, 15) is 9.59 Å². The molecule has 5 rings (SSSR count). The lowest BCUT2D eigenvalue weighted by molar-refractivity contribution is -0.119. The van der Waals surface area contributed by atoms with Crippen molar-refractivity contribution in [2.75, 3.05) is 26.2 Å². The summed E-state index contributed by atoms with van der Waals surface area (Å²) in [7, 11) is 0. The highest BCUT2D eigenvalue weighted by atomic mass is 35.5. The number of carbonyl (C=O) groups excluding carboxylic acids is 2. The average molecular weight is 492 g/mol. The molecule has 2 aliphatic heterocycles. The molecule has 8 heteroatoms. The zero-order valence-electron chi connectivity index (χ0n) is 20.0. The van der Waals surface area contributed by atoms with Crippen LogP contribution in [0.1, 0.15) is 39.6 Å². The van der Waals surface area contributed by atoms with Crippen molar-refractivity contribution in [3.63, 3.8) is 0 Å². The summed E-state index contributed by atoms with van der Waals surface area (Å²) in [5, 5.41) is 5.16. The first-order valence-electron chi connectivity index (χ1n) is 12.0. The molecule has 3 unspecified atom stereocenters. The van der Waals surface area contributed by atoms with E-state index in [1.54, 1.807) is 6.20 Å². The number of nitrogens with zero attached hydrogens (tertiary/aromatic N) is 4. The first-order chi connectivity index (χ1) is 16.8. The minimum atomic E-state index is -0.327. The quantitative estimate of drug-likeness (QED) is 0.569. The maximum Gasteiger partial charge on any atom is 0.257 e. The van der Waals surface area contributed by atoms with Gasteiger partial charge in [-0.1, -0.05) is 41.9 Å². The normalized spacial score (nSPS) is 20.7. The number of carbonyl (C=O) groups is 2. The van der Waals surface area contributed by atoms with Gasteiger partial charge in [0.15, 0.2) is 0 Å². The molecule has 3 atom stereocenters. The summed E-state index contributed by atoms with van der Waals surface area (Å²) in [4.78, 5) is 29.5. The van der Waals surface area contributed by atoms with Crippen LogP contribution in [0, 0.1) is 25.7 Å². The molecule has 2 aromatic carbocycles. The van der Waals surface area contributed by atoms with Crippen LogP contribution < -0.4 is 5.73 Å². The number of benzene rings is 2. The molecule has 182 valence electrons. The zero-order valence-corrected chi connectivity index (χ0v) is 20.8. The Morgan fingerprint density at radius 3 is 2.37 bits per heavy atom. The van der Waals surface area contributed by atoms with E-state index in [4.69, 9.17) is 17.3 Å². The number of likely N-dealkylation sites (tertiary alicyclic amines) is 2. The topological polar surface area (TPSA) is 84.5 Å². The standard InChI is InChI=1S/C27H30ClN5O2/c1-17-8-9-19(10-24(17)28)25(11-26(29)34)31-13-20-15-32(16-21(20)14-31)27(35)23-12-30-33(18(23)2)22-6-4-3-5-7-22/h3-10,12,20-21,25H,11,13-16H2,1-2H3,(H2,29,34). The van der Waals surface area contributed by atoms with Crippen molar-refractivity contribution in [1.29, 1.82) is 0 Å². The van der Waals surface area contributed by atoms with Crippen LogP contribution in [0.4, 0.5) is 0 Å². The van der Waals surface area contributed by atoms with Crippen LogP contribution in [0.5, 0.6) is 0 Å². The number of hydrogen-bond donors (Lipinski definition) is 1. The SMILES string of the molecule is Cc1ccc(C(CC(N)=O)N2CC3CN(C(=O)c4cnn(-c5ccccc5)c4C)CC3C2)cc1Cl. The van der Waals surface area contributed by atoms with Gasteiger partial charge in [-0.15, -0.1) is 0 Å². The maximum absolute atomic E-state index is 13.4. The van der Waals surface area contributed by atoms with Crippen molar-refractivity contribution in [2.24, 2.45) is 17.6 Å². The molecular formula is C27H30ClN5O2. The predicted molar refractivity (Wildman–Crippen MR) is 135 cm³/mol. The number of nitrogens with two attached hydrogens (primary N) is 1. The van der Waals surface area contributed by atoms with Crippen molar-refractivity contribution >= 4 is 23.4 Å². The van der Waals surface area contributed by atoms with Gasteiger partial charge >= 0.3 is 0 Å². The molecular weight excluding hydrogens is 462 g/mol. The Hall–Kier alpha value is -3.16. The average Bonchev–Trinajstić information content (AvgIpc) is 3.52. The van der Waals surface area contributed by atoms with E-state index in [2.05, 4.69) is 10.00 Å². The molecule has 3 heterocycles. The number of fused-ring (bicyclic) bond motifs is 1. The number of aromatic nitrogens is 2. The van der Waals surface area contributed by atoms with Gasteiger partial charge in [0, 0.05) is 43.7 Å². The summed E-state index contributed by atoms with van der Waals surface area (Å²) in [5.41, 5.74) is 10.1. The van der Waals surface area contributed by atoms with Crippen LogP contribution in [0.15, 0.2) is 54.7 Å². The first kappa shape index (κ1) is 23.6. The van der Waals surface area contributed by atoms with Crippen LogP contribution in [0.3, 0.4) is 0 Å². The number of amides is 2. The Morgan fingerprint density at radius 2 is 1.74 bits per heavy atom. The lowest BCUT2D eigenvalue weighted by atomic mass is 10.0. The molecule has 2 aliphatic rings. The maximum atomic E-state index is 13.4. The fraction of sp³-hybridized carbons (Fsp3) is 0.370. The number of hydrogen-bond acceptors (Lipinski definition) is 4. The largest absolute Gasteiger partial charge is 0.370 e. The monoisotopic (exact) mass is 491 g/mol. The van der Waals surface area contributed by atoms with Crippen LogP contribution in [-0.4, -0.2) is 57.6 Å². The lowest BCUT2D eigenvalue weighted by Gasteiger charge is -2.29. The highest BCUT2D eigenvalue weighted by Crippen LogP contribution is 2.38. The fourth-order valence-corrected chi connectivity index (χ4v) is 5.72. The van der Waals surface area contributed by atoms with E-state index in [1.807, 2.05) is 72.0 Å². The Kier molecular flexibility index (Phi) is 6.38. The van der Waals surface area contributed by atoms with E-state index in [0.29, 0.717) is 35.5 Å². The van der Waals surface area contributed by atoms with Crippen molar-refractivity contribution in [3.05, 3.63) is 82.1 Å². The van der Waals surface area contributed by atoms with Gasteiger partial charge in [0.05, 0.1) is 23.1 Å². The highest BCUT2D eigenvalue weighted by Gasteiger charge is 2.44. The molecule has 2 amide bonds. The molecule has 1 aromatic heterocycles. The third kappa shape index (κ3) is 4.58. The number of para-hydroxylation sites is 1. The van der Waals surface area contributed by atoms with Gasteiger partial charge in [-0.25, -0.2) is 4.68 Å². The minimum Gasteiger partial charge on any atom is -0.370 e. The summed E-state index contributed by atoms with van der Waals surface area (Å²) >= 11 is 6.38. The predicted octanol–water partition coefficient (Wildman–Crippen LogP) is 3.76. The van der Waals surface area contributed by atoms with Crippen LogP contribution in [0.25, 0.3) is 5.69 Å². The van der Waals surface area contributed by atoms with E-state index < -0.39 is 0 Å². The lowest BCUT2D eigenvalue weighted by Crippen LogP contribution is -2.36. The Morgan fingerprint density at radius 1 is 1.06 bits per heavy atom. The Labute approximate surface area is 210 Å². The molecule has 0 aliphatic carbocycles. The van der Waals surface area contributed by atoms with Gasteiger partial charge in [-0.3, -0.25) is 14.5 Å². The van der Waals surface area contributed by atoms with Crippen molar-refractivity contribution < 1.29 is 9.59 Å². The summed E-state index contributed by atoms with van der Waals surface area (Å²) in [6.45, 7) is 6.95. The number of aryl methyl sites for hydroxylation is 1. The van der Waals surface area contributed by atoms with E-state index in [0.717, 1.165) is 35.6 Å². The van der Waals surface area contributed by atoms with Gasteiger partial charge in [-0.05, 0) is 55.0 Å². The summed E-state index contributed by atoms with van der Waals surface area (Å²) in [5.74, 6) is 0.426. The van der Waals surface area contributed by atoms with Crippen molar-refractivity contribution in [1.82, 2.24) is 19.6 Å². The molecule has 0 radical (unpaired) electrons. The van der Waals surface area contributed by atoms with Gasteiger partial charge in [-0.2, -0.15) is 5.10 Å². The summed E-state index contributed by atoms with van der Waals surface area (Å²) in [6.07, 6.45) is 1.93. The molecule has 2 fully saturated rings. The minimum absolute atomic E-state index is 0.0321. The first-order valence-corrected chi connectivity index (χ1v) is 12.4. The number of halogens is 1. The summed E-state index contributed by atoms with van der Waals surface area (Å²) in [6, 6.07) is 15.7. The van der Waals surface area contributed by atoms with Crippen LogP contribution >= 0.6 is 11.6 Å². The van der Waals surface area contributed by atoms with E-state index in [1.165, 1.54) is 0 Å². The van der Waals surface area contributed by atoms with Crippen LogP contribution in [0.2, 0.25) is 5.02 Å². The Balaban J connectivity index is 1.29. The molecule has 2 saturated heterocycles. The molecule has 7 nitrogen and oxygen atoms in total. The second-order valence-corrected chi connectivity index (χ2v) is 10.2.